The van der Waals surface area contributed by atoms with Gasteiger partial charge in [-0.15, -0.1) is 5.10 Å². The first kappa shape index (κ1) is 9.63. The van der Waals surface area contributed by atoms with Gasteiger partial charge in [0.2, 0.25) is 5.89 Å². The first-order valence-electron chi connectivity index (χ1n) is 4.88. The highest BCUT2D eigenvalue weighted by Crippen LogP contribution is 2.07. The maximum Gasteiger partial charge on any atom is 0.223 e. The summed E-state index contributed by atoms with van der Waals surface area (Å²) in [4.78, 5) is 8.08. The number of anilines is 1. The van der Waals surface area contributed by atoms with Crippen molar-refractivity contribution < 1.29 is 4.52 Å². The Labute approximate surface area is 94.9 Å². The fourth-order valence-corrected chi connectivity index (χ4v) is 1.38. The van der Waals surface area contributed by atoms with Crippen LogP contribution in [0.1, 0.15) is 11.7 Å². The lowest BCUT2D eigenvalue weighted by molar-refractivity contribution is 0.388. The van der Waals surface area contributed by atoms with Crippen molar-refractivity contribution in [2.45, 2.75) is 13.5 Å². The van der Waals surface area contributed by atoms with E-state index in [0.717, 1.165) is 0 Å². The zero-order chi connectivity index (χ0) is 11.7. The van der Waals surface area contributed by atoms with E-state index in [1.54, 1.807) is 23.8 Å². The summed E-state index contributed by atoms with van der Waals surface area (Å²) in [7, 11) is 0. The number of rotatable bonds is 3. The summed E-state index contributed by atoms with van der Waals surface area (Å²) in [5.41, 5.74) is 0.569. The zero-order valence-electron chi connectivity index (χ0n) is 8.90. The largest absolute Gasteiger partial charge is 0.361 e. The molecule has 9 heteroatoms. The summed E-state index contributed by atoms with van der Waals surface area (Å²) in [6.45, 7) is 2.15. The molecule has 1 N–H and O–H groups in total. The third kappa shape index (κ3) is 1.77. The van der Waals surface area contributed by atoms with E-state index in [-0.39, 0.29) is 0 Å². The molecule has 0 aliphatic rings. The van der Waals surface area contributed by atoms with Crippen LogP contribution in [-0.4, -0.2) is 35.2 Å². The van der Waals surface area contributed by atoms with E-state index in [1.165, 1.54) is 0 Å². The molecule has 0 saturated heterocycles. The highest BCUT2D eigenvalue weighted by molar-refractivity contribution is 5.43. The SMILES string of the molecule is Cc1nc(CNc2cncc3nnnn23)no1. The van der Waals surface area contributed by atoms with E-state index in [4.69, 9.17) is 4.52 Å². The molecule has 0 aliphatic heterocycles. The summed E-state index contributed by atoms with van der Waals surface area (Å²) in [5, 5.41) is 18.0. The molecule has 0 bridgehead atoms. The van der Waals surface area contributed by atoms with Crippen LogP contribution in [0.5, 0.6) is 0 Å². The van der Waals surface area contributed by atoms with Gasteiger partial charge in [-0.25, -0.2) is 0 Å². The maximum atomic E-state index is 4.86. The Hall–Kier alpha value is -2.58. The van der Waals surface area contributed by atoms with Crippen molar-refractivity contribution in [3.63, 3.8) is 0 Å². The summed E-state index contributed by atoms with van der Waals surface area (Å²) < 4.78 is 6.40. The Kier molecular flexibility index (Phi) is 2.14. The molecule has 3 aromatic rings. The van der Waals surface area contributed by atoms with Crippen LogP contribution >= 0.6 is 0 Å². The van der Waals surface area contributed by atoms with Gasteiger partial charge < -0.3 is 9.84 Å². The monoisotopic (exact) mass is 232 g/mol. The molecule has 3 rings (SSSR count). The quantitative estimate of drug-likeness (QED) is 0.662. The van der Waals surface area contributed by atoms with Gasteiger partial charge in [0.1, 0.15) is 0 Å². The Bertz CT molecular complexity index is 644. The number of aryl methyl sites for hydroxylation is 1. The lowest BCUT2D eigenvalue weighted by atomic mass is 10.5. The van der Waals surface area contributed by atoms with E-state index in [9.17, 15) is 0 Å². The molecular formula is C8H8N8O. The molecule has 0 aromatic carbocycles. The van der Waals surface area contributed by atoms with Crippen molar-refractivity contribution >= 4 is 11.5 Å². The average Bonchev–Trinajstić information content (AvgIpc) is 2.94. The van der Waals surface area contributed by atoms with E-state index < -0.39 is 0 Å². The van der Waals surface area contributed by atoms with E-state index in [2.05, 4.69) is 36.0 Å². The number of nitrogens with zero attached hydrogens (tertiary/aromatic N) is 7. The third-order valence-corrected chi connectivity index (χ3v) is 2.11. The average molecular weight is 232 g/mol. The van der Waals surface area contributed by atoms with Gasteiger partial charge >= 0.3 is 0 Å². The van der Waals surface area contributed by atoms with Crippen LogP contribution in [0.3, 0.4) is 0 Å². The lowest BCUT2D eigenvalue weighted by Gasteiger charge is -2.03. The lowest BCUT2D eigenvalue weighted by Crippen LogP contribution is -2.06. The van der Waals surface area contributed by atoms with Gasteiger partial charge in [0.05, 0.1) is 18.9 Å². The number of tetrazole rings is 1. The second-order valence-corrected chi connectivity index (χ2v) is 3.32. The van der Waals surface area contributed by atoms with Gasteiger partial charge in [-0.3, -0.25) is 4.98 Å². The van der Waals surface area contributed by atoms with E-state index in [1.807, 2.05) is 0 Å². The highest BCUT2D eigenvalue weighted by atomic mass is 16.5. The molecule has 9 nitrogen and oxygen atoms in total. The molecule has 3 heterocycles. The van der Waals surface area contributed by atoms with Crippen molar-refractivity contribution in [3.8, 4) is 0 Å². The number of fused-ring (bicyclic) bond motifs is 1. The summed E-state index contributed by atoms with van der Waals surface area (Å²) in [6, 6.07) is 0. The Morgan fingerprint density at radius 1 is 1.41 bits per heavy atom. The number of nitrogens with one attached hydrogen (secondary N) is 1. The van der Waals surface area contributed by atoms with Crippen molar-refractivity contribution in [2.24, 2.45) is 0 Å². The first-order chi connectivity index (χ1) is 8.33. The van der Waals surface area contributed by atoms with Crippen LogP contribution in [0, 0.1) is 6.92 Å². The zero-order valence-corrected chi connectivity index (χ0v) is 8.90. The van der Waals surface area contributed by atoms with Gasteiger partial charge in [0.25, 0.3) is 0 Å². The van der Waals surface area contributed by atoms with Gasteiger partial charge in [-0.2, -0.15) is 9.50 Å². The molecule has 0 spiro atoms. The summed E-state index contributed by atoms with van der Waals surface area (Å²) in [5.74, 6) is 1.75. The van der Waals surface area contributed by atoms with Gasteiger partial charge in [0.15, 0.2) is 17.3 Å². The predicted octanol–water partition coefficient (Wildman–Crippen LogP) is -0.177. The van der Waals surface area contributed by atoms with E-state index >= 15 is 0 Å². The minimum Gasteiger partial charge on any atom is -0.361 e. The number of hydrogen-bond acceptors (Lipinski definition) is 8. The molecule has 0 radical (unpaired) electrons. The van der Waals surface area contributed by atoms with Crippen molar-refractivity contribution in [1.82, 2.24) is 35.2 Å². The molecule has 0 saturated carbocycles. The normalized spacial score (nSPS) is 10.9. The van der Waals surface area contributed by atoms with Crippen LogP contribution in [-0.2, 0) is 6.54 Å². The van der Waals surface area contributed by atoms with Crippen LogP contribution in [0.4, 0.5) is 5.82 Å². The summed E-state index contributed by atoms with van der Waals surface area (Å²) >= 11 is 0. The van der Waals surface area contributed by atoms with Crippen molar-refractivity contribution in [1.29, 1.82) is 0 Å². The standard InChI is InChI=1S/C8H8N8O/c1-5-11-6(13-17-5)2-10-7-3-9-4-8-12-14-15-16(7)8/h3-4,10H,2H2,1H3. The van der Waals surface area contributed by atoms with Gasteiger partial charge in [-0.1, -0.05) is 5.16 Å². The fourth-order valence-electron chi connectivity index (χ4n) is 1.38. The smallest absolute Gasteiger partial charge is 0.223 e. The Balaban J connectivity index is 1.83. The van der Waals surface area contributed by atoms with Crippen LogP contribution in [0.25, 0.3) is 5.65 Å². The topological polar surface area (TPSA) is 107 Å². The molecular weight excluding hydrogens is 224 g/mol. The maximum absolute atomic E-state index is 4.86. The molecule has 17 heavy (non-hydrogen) atoms. The number of hydrogen-bond donors (Lipinski definition) is 1. The Morgan fingerprint density at radius 3 is 3.18 bits per heavy atom. The van der Waals surface area contributed by atoms with Crippen LogP contribution in [0.2, 0.25) is 0 Å². The Morgan fingerprint density at radius 2 is 2.35 bits per heavy atom. The molecule has 0 atom stereocenters. The molecule has 0 aliphatic carbocycles. The molecule has 0 amide bonds. The van der Waals surface area contributed by atoms with Gasteiger partial charge in [-0.05, 0) is 10.4 Å². The fraction of sp³-hybridized carbons (Fsp3) is 0.250. The van der Waals surface area contributed by atoms with Crippen LogP contribution in [0.15, 0.2) is 16.9 Å². The van der Waals surface area contributed by atoms with Crippen molar-refractivity contribution in [3.05, 3.63) is 24.1 Å². The minimum absolute atomic E-state index is 0.415. The molecule has 0 unspecified atom stereocenters. The third-order valence-electron chi connectivity index (χ3n) is 2.11. The highest BCUT2D eigenvalue weighted by Gasteiger charge is 2.06. The van der Waals surface area contributed by atoms with Gasteiger partial charge in [0, 0.05) is 6.92 Å². The minimum atomic E-state index is 0.415. The molecule has 3 aromatic heterocycles. The van der Waals surface area contributed by atoms with Crippen molar-refractivity contribution in [2.75, 3.05) is 5.32 Å². The van der Waals surface area contributed by atoms with E-state index in [0.29, 0.717) is 29.7 Å². The predicted molar refractivity (Wildman–Crippen MR) is 54.9 cm³/mol. The summed E-state index contributed by atoms with van der Waals surface area (Å²) in [6.07, 6.45) is 3.19. The molecule has 0 fully saturated rings. The first-order valence-corrected chi connectivity index (χ1v) is 4.88. The number of aromatic nitrogens is 7. The second kappa shape index (κ2) is 3.77. The molecule has 86 valence electrons. The van der Waals surface area contributed by atoms with Crippen LogP contribution < -0.4 is 5.32 Å². The second-order valence-electron chi connectivity index (χ2n) is 3.32.